The summed E-state index contributed by atoms with van der Waals surface area (Å²) in [6, 6.07) is 4.66. The fourth-order valence-electron chi connectivity index (χ4n) is 1.09. The van der Waals surface area contributed by atoms with E-state index in [2.05, 4.69) is 15.9 Å². The van der Waals surface area contributed by atoms with Crippen LogP contribution in [0.15, 0.2) is 22.7 Å². The molecule has 0 aliphatic rings. The summed E-state index contributed by atoms with van der Waals surface area (Å²) in [6.45, 7) is 0.538. The van der Waals surface area contributed by atoms with Crippen molar-refractivity contribution in [2.24, 2.45) is 11.5 Å². The Kier molecular flexibility index (Phi) is 6.27. The number of benzene rings is 1. The van der Waals surface area contributed by atoms with Crippen molar-refractivity contribution >= 4 is 28.3 Å². The summed E-state index contributed by atoms with van der Waals surface area (Å²) >= 11 is 3.10. The summed E-state index contributed by atoms with van der Waals surface area (Å²) < 4.78 is 13.3. The summed E-state index contributed by atoms with van der Waals surface area (Å²) in [5.74, 6) is -0.274. The minimum absolute atomic E-state index is 0. The van der Waals surface area contributed by atoms with Crippen molar-refractivity contribution < 1.29 is 4.39 Å². The third kappa shape index (κ3) is 3.53. The summed E-state index contributed by atoms with van der Waals surface area (Å²) in [4.78, 5) is 0. The van der Waals surface area contributed by atoms with E-state index in [0.29, 0.717) is 17.4 Å². The summed E-state index contributed by atoms with van der Waals surface area (Å²) in [7, 11) is 0. The summed E-state index contributed by atoms with van der Waals surface area (Å²) in [5, 5.41) is 0. The Morgan fingerprint density at radius 3 is 2.57 bits per heavy atom. The molecule has 14 heavy (non-hydrogen) atoms. The van der Waals surface area contributed by atoms with Gasteiger partial charge in [0.25, 0.3) is 0 Å². The van der Waals surface area contributed by atoms with Crippen LogP contribution in [0.4, 0.5) is 4.39 Å². The molecule has 0 unspecified atom stereocenters. The van der Waals surface area contributed by atoms with Gasteiger partial charge >= 0.3 is 0 Å². The highest BCUT2D eigenvalue weighted by Crippen LogP contribution is 2.21. The Morgan fingerprint density at radius 1 is 1.43 bits per heavy atom. The standard InChI is InChI=1S/C9H12BrFN2.ClH/c10-7-5-6(1-2-8(7)11)9(13)3-4-12;/h1-2,5,9H,3-4,12-13H2;1H/t9-;/m1./s1. The smallest absolute Gasteiger partial charge is 0.137 e. The maximum Gasteiger partial charge on any atom is 0.137 e. The predicted molar refractivity (Wildman–Crippen MR) is 61.9 cm³/mol. The van der Waals surface area contributed by atoms with E-state index in [1.807, 2.05) is 0 Å². The van der Waals surface area contributed by atoms with Crippen LogP contribution in [0.5, 0.6) is 0 Å². The number of rotatable bonds is 3. The van der Waals surface area contributed by atoms with Crippen molar-refractivity contribution in [2.75, 3.05) is 6.54 Å². The van der Waals surface area contributed by atoms with Crippen molar-refractivity contribution in [1.82, 2.24) is 0 Å². The van der Waals surface area contributed by atoms with Crippen LogP contribution in [0.25, 0.3) is 0 Å². The Labute approximate surface area is 97.4 Å². The van der Waals surface area contributed by atoms with Gasteiger partial charge < -0.3 is 11.5 Å². The van der Waals surface area contributed by atoms with Crippen molar-refractivity contribution in [3.8, 4) is 0 Å². The third-order valence-electron chi connectivity index (χ3n) is 1.85. The van der Waals surface area contributed by atoms with Crippen molar-refractivity contribution in [1.29, 1.82) is 0 Å². The highest BCUT2D eigenvalue weighted by molar-refractivity contribution is 9.10. The van der Waals surface area contributed by atoms with Gasteiger partial charge in [-0.2, -0.15) is 0 Å². The van der Waals surface area contributed by atoms with Gasteiger partial charge in [-0.1, -0.05) is 6.07 Å². The van der Waals surface area contributed by atoms with E-state index < -0.39 is 0 Å². The van der Waals surface area contributed by atoms with Gasteiger partial charge in [-0.15, -0.1) is 12.4 Å². The Morgan fingerprint density at radius 2 is 2.07 bits per heavy atom. The second kappa shape index (κ2) is 6.35. The molecule has 0 aliphatic heterocycles. The molecule has 4 N–H and O–H groups in total. The zero-order chi connectivity index (χ0) is 9.84. The molecule has 0 fully saturated rings. The lowest BCUT2D eigenvalue weighted by molar-refractivity contribution is 0.614. The van der Waals surface area contributed by atoms with Crippen LogP contribution >= 0.6 is 28.3 Å². The van der Waals surface area contributed by atoms with E-state index in [9.17, 15) is 4.39 Å². The number of hydrogen-bond donors (Lipinski definition) is 2. The first kappa shape index (κ1) is 13.8. The first-order valence-electron chi connectivity index (χ1n) is 4.05. The van der Waals surface area contributed by atoms with Gasteiger partial charge in [-0.3, -0.25) is 0 Å². The average molecular weight is 284 g/mol. The molecular weight excluding hydrogens is 270 g/mol. The molecular formula is C9H13BrClFN2. The van der Waals surface area contributed by atoms with Gasteiger partial charge in [0.2, 0.25) is 0 Å². The minimum atomic E-state index is -0.274. The van der Waals surface area contributed by atoms with Crippen molar-refractivity contribution in [2.45, 2.75) is 12.5 Å². The van der Waals surface area contributed by atoms with Gasteiger partial charge in [0.15, 0.2) is 0 Å². The normalized spacial score (nSPS) is 12.0. The molecule has 0 radical (unpaired) electrons. The Bertz CT molecular complexity index is 296. The number of nitrogens with two attached hydrogens (primary N) is 2. The minimum Gasteiger partial charge on any atom is -0.330 e. The second-order valence-corrected chi connectivity index (χ2v) is 3.71. The molecule has 5 heteroatoms. The van der Waals surface area contributed by atoms with Crippen LogP contribution in [0.1, 0.15) is 18.0 Å². The SMILES string of the molecule is Cl.NCC[C@@H](N)c1ccc(F)c(Br)c1. The van der Waals surface area contributed by atoms with E-state index in [0.717, 1.165) is 5.56 Å². The van der Waals surface area contributed by atoms with Crippen molar-refractivity contribution in [3.05, 3.63) is 34.1 Å². The molecule has 0 aliphatic carbocycles. The fourth-order valence-corrected chi connectivity index (χ4v) is 1.49. The molecule has 1 rings (SSSR count). The third-order valence-corrected chi connectivity index (χ3v) is 2.46. The molecule has 1 atom stereocenters. The monoisotopic (exact) mass is 282 g/mol. The quantitative estimate of drug-likeness (QED) is 0.895. The first-order chi connectivity index (χ1) is 6.15. The molecule has 0 heterocycles. The van der Waals surface area contributed by atoms with Gasteiger partial charge in [-0.25, -0.2) is 4.39 Å². The van der Waals surface area contributed by atoms with Crippen LogP contribution in [-0.4, -0.2) is 6.54 Å². The maximum atomic E-state index is 12.8. The molecule has 0 saturated heterocycles. The van der Waals surface area contributed by atoms with E-state index in [-0.39, 0.29) is 24.3 Å². The zero-order valence-electron chi connectivity index (χ0n) is 7.54. The summed E-state index contributed by atoms with van der Waals surface area (Å²) in [6.07, 6.45) is 0.706. The molecule has 80 valence electrons. The highest BCUT2D eigenvalue weighted by Gasteiger charge is 2.07. The molecule has 1 aromatic carbocycles. The lowest BCUT2D eigenvalue weighted by Crippen LogP contribution is -2.15. The predicted octanol–water partition coefficient (Wildman–Crippen LogP) is 2.36. The maximum absolute atomic E-state index is 12.8. The van der Waals surface area contributed by atoms with Gasteiger partial charge in [0, 0.05) is 6.04 Å². The van der Waals surface area contributed by atoms with Crippen LogP contribution in [0.2, 0.25) is 0 Å². The molecule has 0 saturated carbocycles. The van der Waals surface area contributed by atoms with Crippen LogP contribution < -0.4 is 11.5 Å². The lowest BCUT2D eigenvalue weighted by Gasteiger charge is -2.10. The molecule has 1 aromatic rings. The topological polar surface area (TPSA) is 52.0 Å². The molecule has 2 nitrogen and oxygen atoms in total. The Hall–Kier alpha value is -0.160. The lowest BCUT2D eigenvalue weighted by atomic mass is 10.1. The number of hydrogen-bond acceptors (Lipinski definition) is 2. The van der Waals surface area contributed by atoms with E-state index in [4.69, 9.17) is 11.5 Å². The molecule has 0 bridgehead atoms. The highest BCUT2D eigenvalue weighted by atomic mass is 79.9. The van der Waals surface area contributed by atoms with Crippen molar-refractivity contribution in [3.63, 3.8) is 0 Å². The fraction of sp³-hybridized carbons (Fsp3) is 0.333. The molecule has 0 aromatic heterocycles. The molecule has 0 amide bonds. The van der Waals surface area contributed by atoms with E-state index >= 15 is 0 Å². The van der Waals surface area contributed by atoms with Gasteiger partial charge in [-0.05, 0) is 46.6 Å². The largest absolute Gasteiger partial charge is 0.330 e. The van der Waals surface area contributed by atoms with E-state index in [1.54, 1.807) is 12.1 Å². The van der Waals surface area contributed by atoms with Gasteiger partial charge in [0.05, 0.1) is 4.47 Å². The zero-order valence-corrected chi connectivity index (χ0v) is 9.94. The van der Waals surface area contributed by atoms with Gasteiger partial charge in [0.1, 0.15) is 5.82 Å². The van der Waals surface area contributed by atoms with Crippen LogP contribution in [0.3, 0.4) is 0 Å². The Balaban J connectivity index is 0.00000169. The molecule has 0 spiro atoms. The average Bonchev–Trinajstić information content (AvgIpc) is 2.10. The summed E-state index contributed by atoms with van der Waals surface area (Å²) in [5.41, 5.74) is 12.1. The first-order valence-corrected chi connectivity index (χ1v) is 4.85. The van der Waals surface area contributed by atoms with Crippen LogP contribution in [0, 0.1) is 5.82 Å². The van der Waals surface area contributed by atoms with E-state index in [1.165, 1.54) is 6.07 Å². The number of halogens is 3. The van der Waals surface area contributed by atoms with Crippen LogP contribution in [-0.2, 0) is 0 Å². The second-order valence-electron chi connectivity index (χ2n) is 2.86.